The van der Waals surface area contributed by atoms with Gasteiger partial charge in [0.15, 0.2) is 0 Å². The summed E-state index contributed by atoms with van der Waals surface area (Å²) in [6.45, 7) is 0.262. The average molecular weight is 456 g/mol. The van der Waals surface area contributed by atoms with Crippen molar-refractivity contribution in [3.63, 3.8) is 0 Å². The van der Waals surface area contributed by atoms with Crippen LogP contribution in [0.1, 0.15) is 55.0 Å². The van der Waals surface area contributed by atoms with E-state index in [1.54, 1.807) is 18.3 Å². The molecule has 1 aliphatic rings. The van der Waals surface area contributed by atoms with Crippen molar-refractivity contribution in [2.45, 2.75) is 44.6 Å². The molecule has 172 valence electrons. The Morgan fingerprint density at radius 3 is 2.68 bits per heavy atom. The highest BCUT2D eigenvalue weighted by Crippen LogP contribution is 2.31. The molecule has 0 amide bonds. The Balaban J connectivity index is 1.44. The molecule has 1 aliphatic carbocycles. The van der Waals surface area contributed by atoms with Crippen molar-refractivity contribution in [3.05, 3.63) is 106 Å². The first-order valence-corrected chi connectivity index (χ1v) is 11.7. The quantitative estimate of drug-likeness (QED) is 0.333. The molecule has 1 fully saturated rings. The zero-order chi connectivity index (χ0) is 23.3. The fourth-order valence-corrected chi connectivity index (χ4v) is 4.48. The van der Waals surface area contributed by atoms with Crippen molar-refractivity contribution >= 4 is 17.1 Å². The van der Waals surface area contributed by atoms with Crippen LogP contribution >= 0.6 is 0 Å². The van der Waals surface area contributed by atoms with Gasteiger partial charge in [-0.05, 0) is 60.4 Å². The van der Waals surface area contributed by atoms with Crippen molar-refractivity contribution in [2.75, 3.05) is 0 Å². The first-order valence-electron chi connectivity index (χ1n) is 11.7. The van der Waals surface area contributed by atoms with Gasteiger partial charge in [0.05, 0.1) is 17.1 Å². The summed E-state index contributed by atoms with van der Waals surface area (Å²) in [6, 6.07) is 21.2. The van der Waals surface area contributed by atoms with Crippen LogP contribution < -0.4 is 10.3 Å². The second kappa shape index (κ2) is 10.00. The first kappa shape index (κ1) is 22.0. The van der Waals surface area contributed by atoms with E-state index in [1.165, 1.54) is 23.2 Å². The Labute approximate surface area is 197 Å². The third-order valence-corrected chi connectivity index (χ3v) is 6.22. The van der Waals surface area contributed by atoms with Crippen LogP contribution in [-0.2, 0) is 6.61 Å². The maximum atomic E-state index is 13.4. The number of fused-ring (bicyclic) bond motifs is 1. The minimum absolute atomic E-state index is 0.152. The van der Waals surface area contributed by atoms with Gasteiger partial charge in [-0.25, -0.2) is 9.37 Å². The minimum Gasteiger partial charge on any atom is -0.489 e. The molecule has 5 rings (SSSR count). The van der Waals surface area contributed by atoms with E-state index in [0.29, 0.717) is 16.7 Å². The molecule has 4 aromatic rings. The van der Waals surface area contributed by atoms with Crippen molar-refractivity contribution in [3.8, 4) is 5.75 Å². The Kier molecular flexibility index (Phi) is 6.47. The molecule has 0 saturated heterocycles. The third-order valence-electron chi connectivity index (χ3n) is 6.22. The first-order chi connectivity index (χ1) is 16.7. The van der Waals surface area contributed by atoms with E-state index in [9.17, 15) is 9.18 Å². The second-order valence-electron chi connectivity index (χ2n) is 8.67. The van der Waals surface area contributed by atoms with E-state index in [4.69, 9.17) is 9.72 Å². The number of rotatable bonds is 6. The summed E-state index contributed by atoms with van der Waals surface area (Å²) >= 11 is 0. The second-order valence-corrected chi connectivity index (χ2v) is 8.67. The van der Waals surface area contributed by atoms with Gasteiger partial charge in [-0.1, -0.05) is 55.7 Å². The normalized spacial score (nSPS) is 14.6. The predicted octanol–water partition coefficient (Wildman–Crippen LogP) is 6.04. The standard InChI is InChI=1S/C28H26FN3O2/c29-23-12-6-9-21(16-23)19-34-24-13-7-8-20(17-24)18-30-32-27(22-10-2-1-3-11-22)31-26-15-5-4-14-25(26)28(32)33/h4-9,12-18,22H,1-3,10-11,19H2. The number of benzene rings is 3. The van der Waals surface area contributed by atoms with Gasteiger partial charge in [-0.2, -0.15) is 9.78 Å². The zero-order valence-electron chi connectivity index (χ0n) is 18.9. The lowest BCUT2D eigenvalue weighted by atomic mass is 9.88. The molecule has 1 heterocycles. The molecule has 0 spiro atoms. The van der Waals surface area contributed by atoms with Crippen LogP contribution in [0.3, 0.4) is 0 Å². The minimum atomic E-state index is -0.287. The summed E-state index contributed by atoms with van der Waals surface area (Å²) in [5, 5.41) is 5.15. The number of hydrogen-bond acceptors (Lipinski definition) is 4. The third kappa shape index (κ3) is 4.91. The molecular formula is C28H26FN3O2. The number of aromatic nitrogens is 2. The Morgan fingerprint density at radius 2 is 1.82 bits per heavy atom. The van der Waals surface area contributed by atoms with Crippen molar-refractivity contribution in [1.29, 1.82) is 0 Å². The average Bonchev–Trinajstić information content (AvgIpc) is 2.88. The summed E-state index contributed by atoms with van der Waals surface area (Å²) < 4.78 is 20.7. The van der Waals surface area contributed by atoms with Crippen molar-refractivity contribution in [1.82, 2.24) is 9.66 Å². The van der Waals surface area contributed by atoms with Crippen LogP contribution in [-0.4, -0.2) is 15.9 Å². The van der Waals surface area contributed by atoms with E-state index in [1.807, 2.05) is 48.5 Å². The maximum Gasteiger partial charge on any atom is 0.282 e. The van der Waals surface area contributed by atoms with Gasteiger partial charge in [0, 0.05) is 5.92 Å². The number of halogens is 1. The number of para-hydroxylation sites is 1. The molecule has 0 radical (unpaired) electrons. The summed E-state index contributed by atoms with van der Waals surface area (Å²) in [5.74, 6) is 1.32. The summed E-state index contributed by atoms with van der Waals surface area (Å²) in [6.07, 6.45) is 7.20. The highest BCUT2D eigenvalue weighted by atomic mass is 19.1. The summed E-state index contributed by atoms with van der Waals surface area (Å²) in [4.78, 5) is 18.2. The fourth-order valence-electron chi connectivity index (χ4n) is 4.48. The van der Waals surface area contributed by atoms with Crippen molar-refractivity contribution in [2.24, 2.45) is 5.10 Å². The van der Waals surface area contributed by atoms with E-state index >= 15 is 0 Å². The molecule has 5 nitrogen and oxygen atoms in total. The van der Waals surface area contributed by atoms with Crippen LogP contribution in [0.2, 0.25) is 0 Å². The largest absolute Gasteiger partial charge is 0.489 e. The topological polar surface area (TPSA) is 56.5 Å². The smallest absolute Gasteiger partial charge is 0.282 e. The van der Waals surface area contributed by atoms with Crippen LogP contribution in [0.25, 0.3) is 10.9 Å². The molecule has 3 aromatic carbocycles. The molecule has 0 atom stereocenters. The van der Waals surface area contributed by atoms with Crippen LogP contribution in [0, 0.1) is 5.82 Å². The monoisotopic (exact) mass is 455 g/mol. The van der Waals surface area contributed by atoms with Crippen LogP contribution in [0.4, 0.5) is 4.39 Å². The summed E-state index contributed by atoms with van der Waals surface area (Å²) in [5.41, 5.74) is 2.12. The number of ether oxygens (including phenoxy) is 1. The molecule has 0 bridgehead atoms. The van der Waals surface area contributed by atoms with E-state index in [-0.39, 0.29) is 23.9 Å². The van der Waals surface area contributed by atoms with E-state index in [0.717, 1.165) is 42.6 Å². The van der Waals surface area contributed by atoms with Crippen molar-refractivity contribution < 1.29 is 9.13 Å². The molecule has 34 heavy (non-hydrogen) atoms. The van der Waals surface area contributed by atoms with Gasteiger partial charge in [0.2, 0.25) is 0 Å². The molecule has 1 saturated carbocycles. The molecule has 0 N–H and O–H groups in total. The van der Waals surface area contributed by atoms with Crippen LogP contribution in [0.15, 0.2) is 82.7 Å². The fraction of sp³-hybridized carbons (Fsp3) is 0.250. The summed E-state index contributed by atoms with van der Waals surface area (Å²) in [7, 11) is 0. The lowest BCUT2D eigenvalue weighted by Crippen LogP contribution is -2.25. The Morgan fingerprint density at radius 1 is 1.00 bits per heavy atom. The number of hydrogen-bond donors (Lipinski definition) is 0. The maximum absolute atomic E-state index is 13.4. The van der Waals surface area contributed by atoms with E-state index in [2.05, 4.69) is 5.10 Å². The lowest BCUT2D eigenvalue weighted by molar-refractivity contribution is 0.305. The molecule has 0 unspecified atom stereocenters. The molecule has 1 aromatic heterocycles. The van der Waals surface area contributed by atoms with Gasteiger partial charge in [-0.15, -0.1) is 0 Å². The van der Waals surface area contributed by atoms with Gasteiger partial charge < -0.3 is 4.74 Å². The Hall–Kier alpha value is -3.80. The highest BCUT2D eigenvalue weighted by Gasteiger charge is 2.22. The zero-order valence-corrected chi connectivity index (χ0v) is 18.9. The van der Waals surface area contributed by atoms with Gasteiger partial charge in [0.25, 0.3) is 5.56 Å². The van der Waals surface area contributed by atoms with E-state index < -0.39 is 0 Å². The lowest BCUT2D eigenvalue weighted by Gasteiger charge is -2.22. The highest BCUT2D eigenvalue weighted by molar-refractivity contribution is 5.81. The molecule has 6 heteroatoms. The number of nitrogens with zero attached hydrogens (tertiary/aromatic N) is 3. The SMILES string of the molecule is O=c1c2ccccc2nc(C2CCCCC2)n1N=Cc1cccc(OCc2cccc(F)c2)c1. The predicted molar refractivity (Wildman–Crippen MR) is 132 cm³/mol. The molecular weight excluding hydrogens is 429 g/mol. The molecule has 0 aliphatic heterocycles. The van der Waals surface area contributed by atoms with Gasteiger partial charge in [-0.3, -0.25) is 4.79 Å². The van der Waals surface area contributed by atoms with Gasteiger partial charge >= 0.3 is 0 Å². The van der Waals surface area contributed by atoms with Gasteiger partial charge in [0.1, 0.15) is 24.0 Å². The Bertz CT molecular complexity index is 1390. The van der Waals surface area contributed by atoms with Crippen LogP contribution in [0.5, 0.6) is 5.75 Å².